The first-order chi connectivity index (χ1) is 9.00. The molecule has 0 saturated heterocycles. The summed E-state index contributed by atoms with van der Waals surface area (Å²) in [7, 11) is 0. The van der Waals surface area contributed by atoms with E-state index in [4.69, 9.17) is 9.84 Å². The normalized spacial score (nSPS) is 10.3. The molecule has 1 N–H and O–H groups in total. The number of aryl methyl sites for hydroxylation is 1. The first-order valence-electron chi connectivity index (χ1n) is 5.45. The predicted octanol–water partition coefficient (Wildman–Crippen LogP) is 3.76. The predicted molar refractivity (Wildman–Crippen MR) is 64.6 cm³/mol. The molecule has 0 aliphatic carbocycles. The van der Waals surface area contributed by atoms with Crippen LogP contribution in [0, 0.1) is 18.6 Å². The molecule has 0 saturated carbocycles. The van der Waals surface area contributed by atoms with Crippen LogP contribution >= 0.6 is 0 Å². The number of hydrogen-bond donors (Lipinski definition) is 1. The van der Waals surface area contributed by atoms with Crippen molar-refractivity contribution in [2.24, 2.45) is 0 Å². The standard InChI is InChI=1S/C14H10F2O3/c1-8-4-2-7-11(12(8)16)19-13-9(14(17)18)5-3-6-10(13)15/h2-7H,1H3,(H,17,18). The molecule has 5 heteroatoms. The molecule has 2 aromatic rings. The first kappa shape index (κ1) is 13.0. The van der Waals surface area contributed by atoms with Crippen molar-refractivity contribution in [2.75, 3.05) is 0 Å². The molecule has 0 aromatic heterocycles. The number of carboxylic acids is 1. The molecule has 2 aromatic carbocycles. The summed E-state index contributed by atoms with van der Waals surface area (Å²) in [5, 5.41) is 8.95. The van der Waals surface area contributed by atoms with E-state index in [1.165, 1.54) is 37.3 Å². The highest BCUT2D eigenvalue weighted by Crippen LogP contribution is 2.31. The fraction of sp³-hybridized carbons (Fsp3) is 0.0714. The Morgan fingerprint density at radius 3 is 2.53 bits per heavy atom. The third-order valence-corrected chi connectivity index (χ3v) is 2.57. The number of hydrogen-bond acceptors (Lipinski definition) is 2. The second-order valence-electron chi connectivity index (χ2n) is 3.91. The Morgan fingerprint density at radius 1 is 1.16 bits per heavy atom. The zero-order valence-electron chi connectivity index (χ0n) is 9.98. The van der Waals surface area contributed by atoms with Gasteiger partial charge in [0.15, 0.2) is 23.1 Å². The van der Waals surface area contributed by atoms with Gasteiger partial charge in [-0.15, -0.1) is 0 Å². The summed E-state index contributed by atoms with van der Waals surface area (Å²) >= 11 is 0. The van der Waals surface area contributed by atoms with Gasteiger partial charge in [0.25, 0.3) is 0 Å². The SMILES string of the molecule is Cc1cccc(Oc2c(F)cccc2C(=O)O)c1F. The summed E-state index contributed by atoms with van der Waals surface area (Å²) in [4.78, 5) is 11.0. The van der Waals surface area contributed by atoms with E-state index >= 15 is 0 Å². The van der Waals surface area contributed by atoms with Crippen molar-refractivity contribution in [3.8, 4) is 11.5 Å². The van der Waals surface area contributed by atoms with Gasteiger partial charge in [0.05, 0.1) is 0 Å². The number of carboxylic acid groups (broad SMARTS) is 1. The molecule has 0 aliphatic rings. The lowest BCUT2D eigenvalue weighted by Gasteiger charge is -2.11. The Hall–Kier alpha value is -2.43. The Balaban J connectivity index is 2.49. The minimum atomic E-state index is -1.34. The van der Waals surface area contributed by atoms with Crippen LogP contribution in [-0.2, 0) is 0 Å². The van der Waals surface area contributed by atoms with Crippen LogP contribution in [0.4, 0.5) is 8.78 Å². The highest BCUT2D eigenvalue weighted by Gasteiger charge is 2.18. The third kappa shape index (κ3) is 2.54. The summed E-state index contributed by atoms with van der Waals surface area (Å²) in [6, 6.07) is 7.86. The zero-order valence-corrected chi connectivity index (χ0v) is 9.98. The summed E-state index contributed by atoms with van der Waals surface area (Å²) in [5.74, 6) is -3.57. The molecular formula is C14H10F2O3. The molecule has 0 atom stereocenters. The molecule has 3 nitrogen and oxygen atoms in total. The van der Waals surface area contributed by atoms with Gasteiger partial charge in [-0.2, -0.15) is 0 Å². The average Bonchev–Trinajstić information content (AvgIpc) is 2.36. The van der Waals surface area contributed by atoms with E-state index in [9.17, 15) is 13.6 Å². The van der Waals surface area contributed by atoms with Crippen molar-refractivity contribution in [3.63, 3.8) is 0 Å². The second-order valence-corrected chi connectivity index (χ2v) is 3.91. The van der Waals surface area contributed by atoms with Gasteiger partial charge in [0.2, 0.25) is 0 Å². The van der Waals surface area contributed by atoms with Gasteiger partial charge in [0, 0.05) is 0 Å². The summed E-state index contributed by atoms with van der Waals surface area (Å²) in [6.45, 7) is 1.53. The van der Waals surface area contributed by atoms with Gasteiger partial charge >= 0.3 is 5.97 Å². The third-order valence-electron chi connectivity index (χ3n) is 2.57. The fourth-order valence-corrected chi connectivity index (χ4v) is 1.59. The maximum atomic E-state index is 13.8. The molecule has 2 rings (SSSR count). The number of aromatic carboxylic acids is 1. The number of benzene rings is 2. The lowest BCUT2D eigenvalue weighted by molar-refractivity contribution is 0.0693. The largest absolute Gasteiger partial charge is 0.478 e. The quantitative estimate of drug-likeness (QED) is 0.918. The van der Waals surface area contributed by atoms with Crippen LogP contribution in [0.25, 0.3) is 0 Å². The Kier molecular flexibility index (Phi) is 3.46. The Bertz CT molecular complexity index is 639. The van der Waals surface area contributed by atoms with Gasteiger partial charge < -0.3 is 9.84 Å². The summed E-state index contributed by atoms with van der Waals surface area (Å²) < 4.78 is 32.5. The molecule has 0 heterocycles. The zero-order chi connectivity index (χ0) is 14.0. The van der Waals surface area contributed by atoms with Crippen molar-refractivity contribution < 1.29 is 23.4 Å². The molecule has 0 spiro atoms. The summed E-state index contributed by atoms with van der Waals surface area (Å²) in [6.07, 6.45) is 0. The molecule has 0 bridgehead atoms. The Labute approximate surface area is 108 Å². The Morgan fingerprint density at radius 2 is 1.84 bits per heavy atom. The van der Waals surface area contributed by atoms with Crippen molar-refractivity contribution in [1.29, 1.82) is 0 Å². The maximum absolute atomic E-state index is 13.8. The van der Waals surface area contributed by atoms with Crippen LogP contribution in [0.5, 0.6) is 11.5 Å². The van der Waals surface area contributed by atoms with E-state index in [0.29, 0.717) is 5.56 Å². The van der Waals surface area contributed by atoms with Gasteiger partial charge in [-0.05, 0) is 30.7 Å². The van der Waals surface area contributed by atoms with Crippen LogP contribution in [0.1, 0.15) is 15.9 Å². The number of halogens is 2. The van der Waals surface area contributed by atoms with Gasteiger partial charge in [-0.1, -0.05) is 18.2 Å². The summed E-state index contributed by atoms with van der Waals surface area (Å²) in [5.41, 5.74) is -0.0355. The lowest BCUT2D eigenvalue weighted by atomic mass is 10.2. The highest BCUT2D eigenvalue weighted by molar-refractivity contribution is 5.91. The molecular weight excluding hydrogens is 254 g/mol. The molecule has 0 unspecified atom stereocenters. The molecule has 98 valence electrons. The second kappa shape index (κ2) is 5.06. The topological polar surface area (TPSA) is 46.5 Å². The van der Waals surface area contributed by atoms with Crippen LogP contribution < -0.4 is 4.74 Å². The molecule has 0 radical (unpaired) electrons. The first-order valence-corrected chi connectivity index (χ1v) is 5.45. The van der Waals surface area contributed by atoms with Crippen LogP contribution in [-0.4, -0.2) is 11.1 Å². The minimum Gasteiger partial charge on any atom is -0.478 e. The number of rotatable bonds is 3. The van der Waals surface area contributed by atoms with E-state index in [0.717, 1.165) is 6.07 Å². The van der Waals surface area contributed by atoms with E-state index in [-0.39, 0.29) is 11.3 Å². The van der Waals surface area contributed by atoms with Crippen molar-refractivity contribution in [1.82, 2.24) is 0 Å². The van der Waals surface area contributed by atoms with E-state index in [1.54, 1.807) is 0 Å². The monoisotopic (exact) mass is 264 g/mol. The van der Waals surface area contributed by atoms with E-state index in [1.807, 2.05) is 0 Å². The van der Waals surface area contributed by atoms with E-state index in [2.05, 4.69) is 0 Å². The van der Waals surface area contributed by atoms with Crippen LogP contribution in [0.15, 0.2) is 36.4 Å². The molecule has 0 fully saturated rings. The average molecular weight is 264 g/mol. The highest BCUT2D eigenvalue weighted by atomic mass is 19.1. The smallest absolute Gasteiger partial charge is 0.339 e. The van der Waals surface area contributed by atoms with Crippen molar-refractivity contribution >= 4 is 5.97 Å². The minimum absolute atomic E-state index is 0.215. The molecule has 19 heavy (non-hydrogen) atoms. The van der Waals surface area contributed by atoms with Gasteiger partial charge in [-0.25, -0.2) is 13.6 Å². The molecule has 0 aliphatic heterocycles. The van der Waals surface area contributed by atoms with Crippen molar-refractivity contribution in [3.05, 3.63) is 59.2 Å². The van der Waals surface area contributed by atoms with Crippen LogP contribution in [0.3, 0.4) is 0 Å². The van der Waals surface area contributed by atoms with Gasteiger partial charge in [0.1, 0.15) is 5.56 Å². The van der Waals surface area contributed by atoms with E-state index < -0.39 is 23.4 Å². The number of ether oxygens (including phenoxy) is 1. The lowest BCUT2D eigenvalue weighted by Crippen LogP contribution is -2.03. The maximum Gasteiger partial charge on any atom is 0.339 e. The number of carbonyl (C=O) groups is 1. The van der Waals surface area contributed by atoms with Crippen LogP contribution in [0.2, 0.25) is 0 Å². The fourth-order valence-electron chi connectivity index (χ4n) is 1.59. The van der Waals surface area contributed by atoms with Gasteiger partial charge in [-0.3, -0.25) is 0 Å². The number of para-hydroxylation sites is 1. The molecule has 0 amide bonds. The van der Waals surface area contributed by atoms with Crippen molar-refractivity contribution in [2.45, 2.75) is 6.92 Å².